The van der Waals surface area contributed by atoms with Crippen molar-refractivity contribution in [1.29, 1.82) is 0 Å². The molecule has 2 heterocycles. The molecular formula is C24H25N3O5S. The minimum Gasteiger partial charge on any atom is -0.493 e. The molecule has 33 heavy (non-hydrogen) atoms. The Hall–Kier alpha value is -3.43. The molecule has 0 spiro atoms. The third kappa shape index (κ3) is 5.32. The average molecular weight is 468 g/mol. The first kappa shape index (κ1) is 22.8. The lowest BCUT2D eigenvalue weighted by Crippen LogP contribution is -2.28. The van der Waals surface area contributed by atoms with Gasteiger partial charge in [-0.15, -0.1) is 0 Å². The van der Waals surface area contributed by atoms with Gasteiger partial charge in [-0.1, -0.05) is 12.1 Å². The number of carbonyl (C=O) groups excluding carboxylic acids is 1. The summed E-state index contributed by atoms with van der Waals surface area (Å²) in [5.41, 5.74) is 1.64. The van der Waals surface area contributed by atoms with Gasteiger partial charge in [0.15, 0.2) is 11.5 Å². The highest BCUT2D eigenvalue weighted by atomic mass is 32.2. The Morgan fingerprint density at radius 3 is 2.61 bits per heavy atom. The third-order valence-electron chi connectivity index (χ3n) is 5.34. The molecule has 1 aliphatic rings. The van der Waals surface area contributed by atoms with Crippen molar-refractivity contribution in [2.45, 2.75) is 24.3 Å². The van der Waals surface area contributed by atoms with Crippen molar-refractivity contribution in [3.05, 3.63) is 78.1 Å². The number of carbonyl (C=O) groups is 1. The molecule has 2 aromatic carbocycles. The number of rotatable bonds is 8. The quantitative estimate of drug-likeness (QED) is 0.542. The Morgan fingerprint density at radius 1 is 1.06 bits per heavy atom. The fraction of sp³-hybridized carbons (Fsp3) is 0.250. The van der Waals surface area contributed by atoms with Crippen molar-refractivity contribution < 1.29 is 22.7 Å². The number of nitrogens with zero attached hydrogens (tertiary/aromatic N) is 2. The molecule has 0 aliphatic carbocycles. The van der Waals surface area contributed by atoms with Gasteiger partial charge in [0, 0.05) is 48.4 Å². The molecule has 0 radical (unpaired) electrons. The summed E-state index contributed by atoms with van der Waals surface area (Å²) < 4.78 is 38.3. The summed E-state index contributed by atoms with van der Waals surface area (Å²) in [5.74, 6) is 0.567. The summed E-state index contributed by atoms with van der Waals surface area (Å²) in [6.45, 7) is 1.30. The second-order valence-electron chi connectivity index (χ2n) is 7.61. The maximum Gasteiger partial charge on any atom is 0.255 e. The predicted molar refractivity (Wildman–Crippen MR) is 124 cm³/mol. The van der Waals surface area contributed by atoms with Crippen LogP contribution in [0.5, 0.6) is 11.5 Å². The predicted octanol–water partition coefficient (Wildman–Crippen LogP) is 3.71. The number of amides is 1. The molecule has 4 rings (SSSR count). The van der Waals surface area contributed by atoms with Crippen LogP contribution in [-0.4, -0.2) is 43.8 Å². The lowest BCUT2D eigenvalue weighted by Gasteiger charge is -2.16. The number of ether oxygens (including phenoxy) is 2. The molecule has 0 bridgehead atoms. The number of anilines is 1. The van der Waals surface area contributed by atoms with E-state index >= 15 is 0 Å². The molecule has 1 amide bonds. The first-order valence-corrected chi connectivity index (χ1v) is 12.0. The lowest BCUT2D eigenvalue weighted by atomic mass is 10.2. The summed E-state index contributed by atoms with van der Waals surface area (Å²) in [4.78, 5) is 17.0. The fourth-order valence-corrected chi connectivity index (χ4v) is 5.15. The number of sulfonamides is 1. The molecular weight excluding hydrogens is 442 g/mol. The van der Waals surface area contributed by atoms with E-state index in [1.807, 2.05) is 12.1 Å². The van der Waals surface area contributed by atoms with Crippen LogP contribution < -0.4 is 14.8 Å². The van der Waals surface area contributed by atoms with E-state index in [4.69, 9.17) is 9.47 Å². The molecule has 3 aromatic rings. The zero-order valence-corrected chi connectivity index (χ0v) is 19.0. The number of hydrogen-bond donors (Lipinski definition) is 1. The van der Waals surface area contributed by atoms with Crippen LogP contribution in [0.2, 0.25) is 0 Å². The van der Waals surface area contributed by atoms with Crippen molar-refractivity contribution in [2.75, 3.05) is 25.5 Å². The largest absolute Gasteiger partial charge is 0.493 e. The van der Waals surface area contributed by atoms with Gasteiger partial charge in [-0.25, -0.2) is 8.42 Å². The summed E-state index contributed by atoms with van der Waals surface area (Å²) in [6, 6.07) is 14.9. The fourth-order valence-electron chi connectivity index (χ4n) is 3.59. The number of nitrogens with one attached hydrogen (secondary N) is 1. The Morgan fingerprint density at radius 2 is 1.88 bits per heavy atom. The first-order chi connectivity index (χ1) is 16.0. The van der Waals surface area contributed by atoms with Gasteiger partial charge in [-0.05, 0) is 49.2 Å². The highest BCUT2D eigenvalue weighted by Crippen LogP contribution is 2.31. The van der Waals surface area contributed by atoms with Crippen LogP contribution in [0.25, 0.3) is 0 Å². The van der Waals surface area contributed by atoms with E-state index in [9.17, 15) is 13.2 Å². The SMILES string of the molecule is COc1ccc(NC(=O)c2cccc(S(=O)(=O)N3CCCC3)c2)cc1OCc1cccnc1. The monoisotopic (exact) mass is 467 g/mol. The topological polar surface area (TPSA) is 97.8 Å². The molecule has 0 saturated carbocycles. The molecule has 1 fully saturated rings. The van der Waals surface area contributed by atoms with Crippen molar-refractivity contribution in [1.82, 2.24) is 9.29 Å². The second kappa shape index (κ2) is 10.0. The van der Waals surface area contributed by atoms with E-state index in [2.05, 4.69) is 10.3 Å². The Bertz CT molecular complexity index is 1230. The van der Waals surface area contributed by atoms with Crippen LogP contribution in [0.15, 0.2) is 71.9 Å². The van der Waals surface area contributed by atoms with Crippen LogP contribution in [0.4, 0.5) is 5.69 Å². The van der Waals surface area contributed by atoms with Crippen molar-refractivity contribution in [3.8, 4) is 11.5 Å². The Kier molecular flexibility index (Phi) is 6.90. The summed E-state index contributed by atoms with van der Waals surface area (Å²) in [6.07, 6.45) is 5.09. The van der Waals surface area contributed by atoms with Gasteiger partial charge in [-0.3, -0.25) is 9.78 Å². The Balaban J connectivity index is 1.50. The minimum atomic E-state index is -3.61. The summed E-state index contributed by atoms with van der Waals surface area (Å²) >= 11 is 0. The van der Waals surface area contributed by atoms with Crippen LogP contribution >= 0.6 is 0 Å². The van der Waals surface area contributed by atoms with E-state index in [0.717, 1.165) is 18.4 Å². The standard InChI is InChI=1S/C24H25N3O5S/c1-31-22-10-9-20(15-23(22)32-17-18-6-5-11-25-16-18)26-24(28)19-7-4-8-21(14-19)33(29,30)27-12-2-3-13-27/h4-11,14-16H,2-3,12-13,17H2,1H3,(H,26,28). The highest BCUT2D eigenvalue weighted by Gasteiger charge is 2.27. The van der Waals surface area contributed by atoms with E-state index in [0.29, 0.717) is 30.3 Å². The number of aromatic nitrogens is 1. The maximum atomic E-state index is 12.9. The lowest BCUT2D eigenvalue weighted by molar-refractivity contribution is 0.102. The zero-order chi connectivity index (χ0) is 23.3. The van der Waals surface area contributed by atoms with Crippen LogP contribution in [0.1, 0.15) is 28.8 Å². The van der Waals surface area contributed by atoms with Gasteiger partial charge in [0.1, 0.15) is 6.61 Å². The van der Waals surface area contributed by atoms with Crippen molar-refractivity contribution >= 4 is 21.6 Å². The molecule has 172 valence electrons. The normalized spacial score (nSPS) is 14.1. The number of benzene rings is 2. The van der Waals surface area contributed by atoms with Gasteiger partial charge in [-0.2, -0.15) is 4.31 Å². The van der Waals surface area contributed by atoms with Gasteiger partial charge in [0.2, 0.25) is 10.0 Å². The molecule has 1 aromatic heterocycles. The summed E-state index contributed by atoms with van der Waals surface area (Å²) in [7, 11) is -2.07. The summed E-state index contributed by atoms with van der Waals surface area (Å²) in [5, 5.41) is 2.80. The van der Waals surface area contributed by atoms with Gasteiger partial charge >= 0.3 is 0 Å². The number of hydrogen-bond acceptors (Lipinski definition) is 6. The van der Waals surface area contributed by atoms with Crippen molar-refractivity contribution in [3.63, 3.8) is 0 Å². The van der Waals surface area contributed by atoms with Gasteiger partial charge < -0.3 is 14.8 Å². The zero-order valence-electron chi connectivity index (χ0n) is 18.2. The van der Waals surface area contributed by atoms with E-state index in [1.54, 1.807) is 42.7 Å². The van der Waals surface area contributed by atoms with E-state index < -0.39 is 15.9 Å². The smallest absolute Gasteiger partial charge is 0.255 e. The van der Waals surface area contributed by atoms with Gasteiger partial charge in [0.25, 0.3) is 5.91 Å². The molecule has 0 unspecified atom stereocenters. The van der Waals surface area contributed by atoms with E-state index in [1.165, 1.54) is 23.5 Å². The molecule has 9 heteroatoms. The van der Waals surface area contributed by atoms with Crippen LogP contribution in [-0.2, 0) is 16.6 Å². The second-order valence-corrected chi connectivity index (χ2v) is 9.55. The Labute approximate surface area is 193 Å². The maximum absolute atomic E-state index is 12.9. The molecule has 1 N–H and O–H groups in total. The average Bonchev–Trinajstić information content (AvgIpc) is 3.40. The highest BCUT2D eigenvalue weighted by molar-refractivity contribution is 7.89. The van der Waals surface area contributed by atoms with E-state index in [-0.39, 0.29) is 17.1 Å². The molecule has 1 saturated heterocycles. The van der Waals surface area contributed by atoms with Crippen LogP contribution in [0, 0.1) is 0 Å². The molecule has 8 nitrogen and oxygen atoms in total. The minimum absolute atomic E-state index is 0.118. The number of pyridine rings is 1. The molecule has 1 aliphatic heterocycles. The van der Waals surface area contributed by atoms with Crippen LogP contribution in [0.3, 0.4) is 0 Å². The number of methoxy groups -OCH3 is 1. The van der Waals surface area contributed by atoms with Crippen molar-refractivity contribution in [2.24, 2.45) is 0 Å². The third-order valence-corrected chi connectivity index (χ3v) is 7.23. The first-order valence-electron chi connectivity index (χ1n) is 10.6. The molecule has 0 atom stereocenters. The van der Waals surface area contributed by atoms with Gasteiger partial charge in [0.05, 0.1) is 12.0 Å².